The second kappa shape index (κ2) is 10.6. The average molecular weight is 621 g/mol. The molecule has 3 aliphatic rings. The topological polar surface area (TPSA) is 6.48 Å². The molecule has 2 aliphatic heterocycles. The van der Waals surface area contributed by atoms with E-state index in [-0.39, 0.29) is 10.8 Å². The molecule has 0 unspecified atom stereocenters. The van der Waals surface area contributed by atoms with Crippen LogP contribution < -0.4 is 9.80 Å². The van der Waals surface area contributed by atoms with Crippen molar-refractivity contribution in [3.63, 3.8) is 0 Å². The van der Waals surface area contributed by atoms with Crippen molar-refractivity contribution in [2.75, 3.05) is 9.80 Å². The van der Waals surface area contributed by atoms with E-state index in [1.807, 2.05) is 0 Å². The maximum atomic E-state index is 2.54. The van der Waals surface area contributed by atoms with Crippen LogP contribution in [0.3, 0.4) is 0 Å². The number of allylic oxidation sites excluding steroid dienone is 4. The Labute approximate surface area is 284 Å². The Morgan fingerprint density at radius 3 is 2.02 bits per heavy atom. The van der Waals surface area contributed by atoms with Gasteiger partial charge in [0.25, 0.3) is 0 Å². The van der Waals surface area contributed by atoms with Gasteiger partial charge in [0, 0.05) is 27.9 Å². The highest BCUT2D eigenvalue weighted by atomic mass is 15.2. The number of anilines is 5. The fraction of sp³-hybridized carbons (Fsp3) is 0.174. The third-order valence-electron chi connectivity index (χ3n) is 11.1. The standard InChI is InChI=1S/C46H40N2/c1-45(2)38-20-10-11-23-42(38)48-43-29-28-35(30-41(43)46(3,4)40-22-13-21-39(45)44(40)48)47(33-16-6-5-7-17-33)34-26-24-32(25-27-34)37-19-12-15-31-14-8-9-18-36(31)37/h5-6,8-16,18-30H,7,17H2,1-4H3. The molecule has 0 atom stereocenters. The lowest BCUT2D eigenvalue weighted by Crippen LogP contribution is -2.38. The normalized spacial score (nSPS) is 16.5. The highest BCUT2D eigenvalue weighted by Gasteiger charge is 2.45. The molecule has 6 aromatic rings. The summed E-state index contributed by atoms with van der Waals surface area (Å²) in [5, 5.41) is 2.55. The van der Waals surface area contributed by atoms with Crippen molar-refractivity contribution >= 4 is 39.2 Å². The van der Waals surface area contributed by atoms with Gasteiger partial charge in [-0.3, -0.25) is 0 Å². The molecule has 0 saturated heterocycles. The molecular formula is C46H40N2. The van der Waals surface area contributed by atoms with Gasteiger partial charge in [0.15, 0.2) is 0 Å². The van der Waals surface area contributed by atoms with Gasteiger partial charge in [-0.15, -0.1) is 0 Å². The summed E-state index contributed by atoms with van der Waals surface area (Å²) < 4.78 is 0. The zero-order valence-corrected chi connectivity index (χ0v) is 28.2. The van der Waals surface area contributed by atoms with E-state index in [1.54, 1.807) is 0 Å². The van der Waals surface area contributed by atoms with Gasteiger partial charge >= 0.3 is 0 Å². The van der Waals surface area contributed by atoms with Crippen LogP contribution in [0.1, 0.15) is 62.8 Å². The van der Waals surface area contributed by atoms with E-state index in [0.29, 0.717) is 0 Å². The van der Waals surface area contributed by atoms with Gasteiger partial charge in [-0.05, 0) is 99.5 Å². The van der Waals surface area contributed by atoms with Crippen molar-refractivity contribution in [2.45, 2.75) is 51.4 Å². The van der Waals surface area contributed by atoms with Gasteiger partial charge in [0.05, 0.1) is 17.1 Å². The molecule has 0 bridgehead atoms. The molecule has 234 valence electrons. The van der Waals surface area contributed by atoms with E-state index < -0.39 is 0 Å². The van der Waals surface area contributed by atoms with E-state index in [4.69, 9.17) is 0 Å². The lowest BCUT2D eigenvalue weighted by atomic mass is 9.66. The van der Waals surface area contributed by atoms with E-state index in [1.165, 1.54) is 78.3 Å². The molecule has 2 nitrogen and oxygen atoms in total. The molecule has 2 heteroatoms. The van der Waals surface area contributed by atoms with Crippen molar-refractivity contribution in [1.29, 1.82) is 0 Å². The highest BCUT2D eigenvalue weighted by molar-refractivity contribution is 5.97. The van der Waals surface area contributed by atoms with Crippen molar-refractivity contribution in [3.8, 4) is 11.1 Å². The first-order valence-corrected chi connectivity index (χ1v) is 17.3. The maximum absolute atomic E-state index is 2.54. The van der Waals surface area contributed by atoms with Gasteiger partial charge < -0.3 is 9.80 Å². The Bertz CT molecular complexity index is 2300. The van der Waals surface area contributed by atoms with Crippen LogP contribution in [0.2, 0.25) is 0 Å². The Hall–Kier alpha value is -5.34. The fourth-order valence-corrected chi connectivity index (χ4v) is 8.53. The van der Waals surface area contributed by atoms with Crippen LogP contribution in [0, 0.1) is 0 Å². The van der Waals surface area contributed by atoms with E-state index >= 15 is 0 Å². The number of benzene rings is 6. The number of hydrogen-bond acceptors (Lipinski definition) is 2. The number of hydrogen-bond donors (Lipinski definition) is 0. The van der Waals surface area contributed by atoms with Crippen molar-refractivity contribution < 1.29 is 0 Å². The smallest absolute Gasteiger partial charge is 0.0543 e. The minimum absolute atomic E-state index is 0.0814. The van der Waals surface area contributed by atoms with Crippen molar-refractivity contribution in [3.05, 3.63) is 174 Å². The Kier molecular flexibility index (Phi) is 6.36. The summed E-state index contributed by atoms with van der Waals surface area (Å²) in [6, 6.07) is 47.5. The Morgan fingerprint density at radius 1 is 0.583 bits per heavy atom. The summed E-state index contributed by atoms with van der Waals surface area (Å²) >= 11 is 0. The van der Waals surface area contributed by atoms with Crippen LogP contribution >= 0.6 is 0 Å². The molecule has 6 aromatic carbocycles. The molecular weight excluding hydrogens is 581 g/mol. The quantitative estimate of drug-likeness (QED) is 0.193. The van der Waals surface area contributed by atoms with Crippen LogP contribution in [0.4, 0.5) is 28.4 Å². The summed E-state index contributed by atoms with van der Waals surface area (Å²) in [6.45, 7) is 9.56. The predicted octanol–water partition coefficient (Wildman–Crippen LogP) is 12.6. The third-order valence-corrected chi connectivity index (χ3v) is 11.1. The molecule has 0 N–H and O–H groups in total. The molecule has 0 amide bonds. The first kappa shape index (κ1) is 28.8. The zero-order valence-electron chi connectivity index (χ0n) is 28.2. The predicted molar refractivity (Wildman–Crippen MR) is 203 cm³/mol. The number of nitrogens with zero attached hydrogens (tertiary/aromatic N) is 2. The van der Waals surface area contributed by atoms with Crippen LogP contribution in [-0.2, 0) is 10.8 Å². The summed E-state index contributed by atoms with van der Waals surface area (Å²) in [6.07, 6.45) is 8.82. The third kappa shape index (κ3) is 4.18. The summed E-state index contributed by atoms with van der Waals surface area (Å²) in [4.78, 5) is 5.02. The summed E-state index contributed by atoms with van der Waals surface area (Å²) in [5.74, 6) is 0. The Morgan fingerprint density at radius 2 is 1.23 bits per heavy atom. The van der Waals surface area contributed by atoms with Crippen LogP contribution in [0.5, 0.6) is 0 Å². The first-order valence-electron chi connectivity index (χ1n) is 17.3. The molecule has 9 rings (SSSR count). The second-order valence-electron chi connectivity index (χ2n) is 14.5. The molecule has 0 saturated carbocycles. The van der Waals surface area contributed by atoms with Crippen molar-refractivity contribution in [2.24, 2.45) is 0 Å². The monoisotopic (exact) mass is 620 g/mol. The summed E-state index contributed by atoms with van der Waals surface area (Å²) in [7, 11) is 0. The molecule has 0 fully saturated rings. The number of para-hydroxylation sites is 2. The minimum Gasteiger partial charge on any atom is -0.314 e. The Balaban J connectivity index is 1.20. The SMILES string of the molecule is CC1(C)c2ccccc2N2c3ccc(N(C4=CC=CCC4)c4ccc(-c5cccc6ccccc56)cc4)cc3C(C)(C)c3cccc1c32. The van der Waals surface area contributed by atoms with Gasteiger partial charge in [0.2, 0.25) is 0 Å². The molecule has 0 radical (unpaired) electrons. The molecule has 0 aromatic heterocycles. The van der Waals surface area contributed by atoms with Gasteiger partial charge in [-0.2, -0.15) is 0 Å². The average Bonchev–Trinajstić information content (AvgIpc) is 3.12. The van der Waals surface area contributed by atoms with Crippen LogP contribution in [0.15, 0.2) is 151 Å². The highest BCUT2D eigenvalue weighted by Crippen LogP contribution is 2.60. The van der Waals surface area contributed by atoms with Crippen molar-refractivity contribution in [1.82, 2.24) is 0 Å². The number of fused-ring (bicyclic) bond motifs is 5. The zero-order chi connectivity index (χ0) is 32.6. The lowest BCUT2D eigenvalue weighted by Gasteiger charge is -2.49. The lowest BCUT2D eigenvalue weighted by molar-refractivity contribution is 0.597. The summed E-state index contributed by atoms with van der Waals surface area (Å²) in [5.41, 5.74) is 15.4. The fourth-order valence-electron chi connectivity index (χ4n) is 8.53. The number of rotatable bonds is 4. The second-order valence-corrected chi connectivity index (χ2v) is 14.5. The minimum atomic E-state index is -0.180. The van der Waals surface area contributed by atoms with Gasteiger partial charge in [-0.1, -0.05) is 131 Å². The molecule has 1 aliphatic carbocycles. The first-order chi connectivity index (χ1) is 23.3. The largest absolute Gasteiger partial charge is 0.314 e. The van der Waals surface area contributed by atoms with E-state index in [9.17, 15) is 0 Å². The van der Waals surface area contributed by atoms with Crippen LogP contribution in [0.25, 0.3) is 21.9 Å². The van der Waals surface area contributed by atoms with E-state index in [2.05, 4.69) is 183 Å². The van der Waals surface area contributed by atoms with Gasteiger partial charge in [-0.25, -0.2) is 0 Å². The molecule has 2 heterocycles. The van der Waals surface area contributed by atoms with E-state index in [0.717, 1.165) is 12.8 Å². The van der Waals surface area contributed by atoms with Crippen LogP contribution in [-0.4, -0.2) is 0 Å². The maximum Gasteiger partial charge on any atom is 0.0543 e. The van der Waals surface area contributed by atoms with Gasteiger partial charge in [0.1, 0.15) is 0 Å². The molecule has 48 heavy (non-hydrogen) atoms. The molecule has 0 spiro atoms.